The van der Waals surface area contributed by atoms with Gasteiger partial charge in [0.1, 0.15) is 0 Å². The summed E-state index contributed by atoms with van der Waals surface area (Å²) in [5.41, 5.74) is 1.79. The highest BCUT2D eigenvalue weighted by Gasteiger charge is 2.52. The molecule has 28 heavy (non-hydrogen) atoms. The topological polar surface area (TPSA) is 69.6 Å². The molecular formula is C20H19F3N2O3. The number of aliphatic carboxylic acids is 1. The fraction of sp³-hybridized carbons (Fsp3) is 0.300. The van der Waals surface area contributed by atoms with Gasteiger partial charge in [0.15, 0.2) is 0 Å². The third-order valence-electron chi connectivity index (χ3n) is 4.79. The Morgan fingerprint density at radius 1 is 1.04 bits per heavy atom. The van der Waals surface area contributed by atoms with E-state index in [9.17, 15) is 22.8 Å². The van der Waals surface area contributed by atoms with Gasteiger partial charge in [-0.1, -0.05) is 30.3 Å². The van der Waals surface area contributed by atoms with E-state index in [1.54, 1.807) is 48.5 Å². The quantitative estimate of drug-likeness (QED) is 0.815. The van der Waals surface area contributed by atoms with Gasteiger partial charge in [-0.15, -0.1) is 0 Å². The van der Waals surface area contributed by atoms with Gasteiger partial charge in [0.05, 0.1) is 11.8 Å². The molecule has 1 saturated heterocycles. The molecule has 0 unspecified atom stereocenters. The Morgan fingerprint density at radius 2 is 1.68 bits per heavy atom. The minimum atomic E-state index is -4.54. The summed E-state index contributed by atoms with van der Waals surface area (Å²) >= 11 is 0. The highest BCUT2D eigenvalue weighted by Crippen LogP contribution is 2.38. The molecule has 1 amide bonds. The number of halogens is 3. The van der Waals surface area contributed by atoms with Crippen LogP contribution < -0.4 is 5.32 Å². The maximum atomic E-state index is 13.1. The van der Waals surface area contributed by atoms with Gasteiger partial charge in [-0.25, -0.2) is 0 Å². The van der Waals surface area contributed by atoms with Gasteiger partial charge in [-0.2, -0.15) is 13.2 Å². The number of carbonyl (C=O) groups excluding carboxylic acids is 1. The van der Waals surface area contributed by atoms with E-state index in [0.29, 0.717) is 16.8 Å². The molecule has 0 radical (unpaired) electrons. The van der Waals surface area contributed by atoms with E-state index in [0.717, 1.165) is 0 Å². The Bertz CT molecular complexity index is 838. The van der Waals surface area contributed by atoms with Crippen molar-refractivity contribution in [3.63, 3.8) is 0 Å². The van der Waals surface area contributed by atoms with Crippen molar-refractivity contribution in [2.24, 2.45) is 11.8 Å². The molecule has 148 valence electrons. The first-order valence-electron chi connectivity index (χ1n) is 8.71. The van der Waals surface area contributed by atoms with Gasteiger partial charge >= 0.3 is 12.1 Å². The fourth-order valence-electron chi connectivity index (χ4n) is 3.34. The number of anilines is 1. The van der Waals surface area contributed by atoms with E-state index in [2.05, 4.69) is 5.32 Å². The molecule has 0 aromatic heterocycles. The van der Waals surface area contributed by atoms with E-state index in [1.165, 1.54) is 4.90 Å². The second kappa shape index (κ2) is 8.02. The minimum absolute atomic E-state index is 0.157. The number of amides is 1. The third-order valence-corrected chi connectivity index (χ3v) is 4.79. The molecule has 5 nitrogen and oxygen atoms in total. The van der Waals surface area contributed by atoms with Crippen LogP contribution in [0, 0.1) is 11.8 Å². The normalized spacial score (nSPS) is 20.1. The molecule has 1 aliphatic rings. The van der Waals surface area contributed by atoms with Crippen LogP contribution in [0.4, 0.5) is 18.9 Å². The molecule has 0 spiro atoms. The van der Waals surface area contributed by atoms with E-state index < -0.39 is 24.0 Å². The number of carboxylic acids is 1. The van der Waals surface area contributed by atoms with Crippen molar-refractivity contribution in [2.45, 2.75) is 12.7 Å². The summed E-state index contributed by atoms with van der Waals surface area (Å²) < 4.78 is 39.2. The lowest BCUT2D eigenvalue weighted by Crippen LogP contribution is -2.33. The Balaban J connectivity index is 1.63. The maximum Gasteiger partial charge on any atom is 0.393 e. The Hall–Kier alpha value is -2.87. The lowest BCUT2D eigenvalue weighted by atomic mass is 9.96. The first kappa shape index (κ1) is 19.9. The average Bonchev–Trinajstić information content (AvgIpc) is 3.08. The summed E-state index contributed by atoms with van der Waals surface area (Å²) in [4.78, 5) is 24.9. The minimum Gasteiger partial charge on any atom is -0.481 e. The lowest BCUT2D eigenvalue weighted by Gasteiger charge is -2.18. The molecule has 1 fully saturated rings. The monoisotopic (exact) mass is 392 g/mol. The van der Waals surface area contributed by atoms with Gasteiger partial charge in [-0.05, 0) is 29.8 Å². The molecule has 2 atom stereocenters. The molecule has 8 heteroatoms. The number of para-hydroxylation sites is 1. The first-order valence-corrected chi connectivity index (χ1v) is 8.71. The largest absolute Gasteiger partial charge is 0.481 e. The number of hydrogen-bond acceptors (Lipinski definition) is 3. The zero-order valence-electron chi connectivity index (χ0n) is 14.8. The van der Waals surface area contributed by atoms with E-state index in [4.69, 9.17) is 5.11 Å². The lowest BCUT2D eigenvalue weighted by molar-refractivity contribution is -0.188. The number of benzene rings is 2. The smallest absolute Gasteiger partial charge is 0.393 e. The number of nitrogens with one attached hydrogen (secondary N) is 1. The van der Waals surface area contributed by atoms with Crippen LogP contribution in [0.2, 0.25) is 0 Å². The van der Waals surface area contributed by atoms with Gasteiger partial charge in [0.2, 0.25) is 0 Å². The number of carbonyl (C=O) groups is 2. The van der Waals surface area contributed by atoms with E-state index in [1.807, 2.05) is 6.07 Å². The Kier molecular flexibility index (Phi) is 5.69. The van der Waals surface area contributed by atoms with Crippen LogP contribution in [0.3, 0.4) is 0 Å². The molecule has 2 aromatic rings. The molecule has 3 rings (SSSR count). The van der Waals surface area contributed by atoms with Gasteiger partial charge in [-0.3, -0.25) is 14.5 Å². The van der Waals surface area contributed by atoms with Crippen LogP contribution in [0.15, 0.2) is 54.6 Å². The number of nitrogens with zero attached hydrogens (tertiary/aromatic N) is 1. The Morgan fingerprint density at radius 3 is 2.21 bits per heavy atom. The average molecular weight is 392 g/mol. The van der Waals surface area contributed by atoms with Crippen molar-refractivity contribution in [2.75, 3.05) is 18.4 Å². The SMILES string of the molecule is O=C(Nc1ccccc1)c1ccc(CN2C[C@@H](C(F)(F)F)[C@H](C(=O)O)C2)cc1. The molecule has 0 aliphatic carbocycles. The van der Waals surface area contributed by atoms with Crippen molar-refractivity contribution in [3.05, 3.63) is 65.7 Å². The summed E-state index contributed by atoms with van der Waals surface area (Å²) in [6, 6.07) is 15.5. The molecule has 0 bridgehead atoms. The predicted octanol–water partition coefficient (Wildman–Crippen LogP) is 3.63. The van der Waals surface area contributed by atoms with E-state index >= 15 is 0 Å². The third kappa shape index (κ3) is 4.69. The summed E-state index contributed by atoms with van der Waals surface area (Å²) in [6.45, 7) is -0.316. The van der Waals surface area contributed by atoms with Crippen LogP contribution in [0.5, 0.6) is 0 Å². The zero-order chi connectivity index (χ0) is 20.3. The molecule has 1 heterocycles. The van der Waals surface area contributed by atoms with E-state index in [-0.39, 0.29) is 25.5 Å². The standard InChI is InChI=1S/C20H19F3N2O3/c21-20(22,23)17-12-25(11-16(17)19(27)28)10-13-6-8-14(9-7-13)18(26)24-15-4-2-1-3-5-15/h1-9,16-17H,10-12H2,(H,24,26)(H,27,28)/t16-,17-/m1/s1. The summed E-state index contributed by atoms with van der Waals surface area (Å²) in [5, 5.41) is 11.8. The van der Waals surface area contributed by atoms with Crippen LogP contribution in [0.25, 0.3) is 0 Å². The maximum absolute atomic E-state index is 13.1. The number of likely N-dealkylation sites (tertiary alicyclic amines) is 1. The van der Waals surface area contributed by atoms with Crippen LogP contribution in [-0.4, -0.2) is 41.1 Å². The van der Waals surface area contributed by atoms with Crippen molar-refractivity contribution < 1.29 is 27.9 Å². The number of carboxylic acid groups (broad SMARTS) is 1. The predicted molar refractivity (Wildman–Crippen MR) is 96.8 cm³/mol. The number of hydrogen-bond donors (Lipinski definition) is 2. The zero-order valence-corrected chi connectivity index (χ0v) is 14.8. The number of rotatable bonds is 5. The van der Waals surface area contributed by atoms with Crippen LogP contribution in [-0.2, 0) is 11.3 Å². The Labute approximate surface area is 159 Å². The molecule has 1 aliphatic heterocycles. The van der Waals surface area contributed by atoms with Crippen molar-refractivity contribution >= 4 is 17.6 Å². The van der Waals surface area contributed by atoms with Crippen molar-refractivity contribution in [3.8, 4) is 0 Å². The highest BCUT2D eigenvalue weighted by molar-refractivity contribution is 6.04. The fourth-order valence-corrected chi connectivity index (χ4v) is 3.34. The molecule has 0 saturated carbocycles. The highest BCUT2D eigenvalue weighted by atomic mass is 19.4. The molecular weight excluding hydrogens is 373 g/mol. The second-order valence-electron chi connectivity index (χ2n) is 6.80. The van der Waals surface area contributed by atoms with Gasteiger partial charge in [0, 0.05) is 30.9 Å². The summed E-state index contributed by atoms with van der Waals surface area (Å²) in [5.74, 6) is -5.06. The molecule has 2 aromatic carbocycles. The summed E-state index contributed by atoms with van der Waals surface area (Å²) in [7, 11) is 0. The molecule has 2 N–H and O–H groups in total. The van der Waals surface area contributed by atoms with Gasteiger partial charge < -0.3 is 10.4 Å². The summed E-state index contributed by atoms with van der Waals surface area (Å²) in [6.07, 6.45) is -4.54. The van der Waals surface area contributed by atoms with Gasteiger partial charge in [0.25, 0.3) is 5.91 Å². The van der Waals surface area contributed by atoms with Crippen molar-refractivity contribution in [1.82, 2.24) is 4.90 Å². The van der Waals surface area contributed by atoms with Crippen LogP contribution in [0.1, 0.15) is 15.9 Å². The first-order chi connectivity index (χ1) is 13.2. The van der Waals surface area contributed by atoms with Crippen LogP contribution >= 0.6 is 0 Å². The second-order valence-corrected chi connectivity index (χ2v) is 6.80. The number of alkyl halides is 3. The van der Waals surface area contributed by atoms with Crippen molar-refractivity contribution in [1.29, 1.82) is 0 Å².